The number of nitrogens with zero attached hydrogens (tertiary/aromatic N) is 3. The number of carbonyl (C=O) groups is 1. The van der Waals surface area contributed by atoms with Gasteiger partial charge in [-0.25, -0.2) is 4.79 Å². The summed E-state index contributed by atoms with van der Waals surface area (Å²) in [7, 11) is 1.83. The molecular formula is C25H36N4O2. The van der Waals surface area contributed by atoms with Crippen molar-refractivity contribution in [2.24, 2.45) is 0 Å². The lowest BCUT2D eigenvalue weighted by atomic mass is 10.1. The van der Waals surface area contributed by atoms with Gasteiger partial charge in [0.2, 0.25) is 0 Å². The molecule has 0 saturated carbocycles. The second kappa shape index (κ2) is 11.7. The van der Waals surface area contributed by atoms with Crippen molar-refractivity contribution in [2.45, 2.75) is 33.5 Å². The highest BCUT2D eigenvalue weighted by atomic mass is 16.5. The van der Waals surface area contributed by atoms with Crippen molar-refractivity contribution >= 4 is 11.7 Å². The van der Waals surface area contributed by atoms with E-state index in [0.29, 0.717) is 13.1 Å². The third kappa shape index (κ3) is 6.97. The molecule has 0 aliphatic carbocycles. The summed E-state index contributed by atoms with van der Waals surface area (Å²) in [5, 5.41) is 3.02. The van der Waals surface area contributed by atoms with Crippen LogP contribution in [0.5, 0.6) is 0 Å². The number of hydrogen-bond donors (Lipinski definition) is 1. The second-order valence-corrected chi connectivity index (χ2v) is 8.06. The highest BCUT2D eigenvalue weighted by Crippen LogP contribution is 2.17. The zero-order valence-corrected chi connectivity index (χ0v) is 19.1. The van der Waals surface area contributed by atoms with Gasteiger partial charge in [0.05, 0.1) is 13.2 Å². The Bertz CT molecular complexity index is 797. The fourth-order valence-corrected chi connectivity index (χ4v) is 3.76. The molecule has 0 spiro atoms. The minimum Gasteiger partial charge on any atom is -0.378 e. The van der Waals surface area contributed by atoms with Crippen LogP contribution in [-0.2, 0) is 24.4 Å². The van der Waals surface area contributed by atoms with E-state index in [-0.39, 0.29) is 6.03 Å². The highest BCUT2D eigenvalue weighted by Gasteiger charge is 2.12. The van der Waals surface area contributed by atoms with Gasteiger partial charge in [0, 0.05) is 45.5 Å². The molecule has 6 nitrogen and oxygen atoms in total. The first-order valence-electron chi connectivity index (χ1n) is 11.3. The lowest BCUT2D eigenvalue weighted by molar-refractivity contribution is 0.122. The van der Waals surface area contributed by atoms with Crippen molar-refractivity contribution in [3.63, 3.8) is 0 Å². The lowest BCUT2D eigenvalue weighted by Crippen LogP contribution is -2.36. The molecular weight excluding hydrogens is 388 g/mol. The molecule has 1 saturated heterocycles. The molecule has 2 amide bonds. The van der Waals surface area contributed by atoms with Crippen LogP contribution in [0.4, 0.5) is 10.5 Å². The Morgan fingerprint density at radius 3 is 2.06 bits per heavy atom. The fraction of sp³-hybridized carbons (Fsp3) is 0.480. The van der Waals surface area contributed by atoms with E-state index in [0.717, 1.165) is 57.1 Å². The maximum Gasteiger partial charge on any atom is 0.317 e. The van der Waals surface area contributed by atoms with Crippen molar-refractivity contribution in [3.8, 4) is 0 Å². The van der Waals surface area contributed by atoms with Gasteiger partial charge < -0.3 is 19.9 Å². The van der Waals surface area contributed by atoms with Gasteiger partial charge in [0.1, 0.15) is 0 Å². The molecule has 31 heavy (non-hydrogen) atoms. The third-order valence-corrected chi connectivity index (χ3v) is 5.85. The van der Waals surface area contributed by atoms with Crippen LogP contribution in [0.1, 0.15) is 30.5 Å². The number of ether oxygens (including phenoxy) is 1. The standard InChI is InChI=1S/C25H36N4O2/c1-4-28(5-2)20-23-8-6-21(7-9-23)18-26-25(30)27(3)19-22-10-12-24(13-11-22)29-14-16-31-17-15-29/h6-13H,4-5,14-20H2,1-3H3,(H,26,30). The molecule has 2 aromatic rings. The first kappa shape index (κ1) is 23.1. The number of amides is 2. The molecule has 0 radical (unpaired) electrons. The molecule has 1 aliphatic heterocycles. The number of morpholine rings is 1. The lowest BCUT2D eigenvalue weighted by Gasteiger charge is -2.29. The number of benzene rings is 2. The molecule has 1 heterocycles. The van der Waals surface area contributed by atoms with Crippen LogP contribution in [-0.4, -0.2) is 62.3 Å². The van der Waals surface area contributed by atoms with E-state index in [1.807, 2.05) is 7.05 Å². The predicted molar refractivity (Wildman–Crippen MR) is 126 cm³/mol. The first-order valence-corrected chi connectivity index (χ1v) is 11.3. The smallest absolute Gasteiger partial charge is 0.317 e. The Labute approximate surface area is 186 Å². The number of rotatable bonds is 9. The molecule has 2 aromatic carbocycles. The van der Waals surface area contributed by atoms with Gasteiger partial charge in [-0.3, -0.25) is 4.90 Å². The molecule has 0 bridgehead atoms. The minimum atomic E-state index is -0.0653. The van der Waals surface area contributed by atoms with Crippen LogP contribution in [0, 0.1) is 0 Å². The van der Waals surface area contributed by atoms with Crippen molar-refractivity contribution in [1.82, 2.24) is 15.1 Å². The van der Waals surface area contributed by atoms with Crippen LogP contribution in [0.15, 0.2) is 48.5 Å². The molecule has 0 unspecified atom stereocenters. The Kier molecular flexibility index (Phi) is 8.74. The average Bonchev–Trinajstić information content (AvgIpc) is 2.82. The van der Waals surface area contributed by atoms with Crippen LogP contribution in [0.2, 0.25) is 0 Å². The largest absolute Gasteiger partial charge is 0.378 e. The SMILES string of the molecule is CCN(CC)Cc1ccc(CNC(=O)N(C)Cc2ccc(N3CCOCC3)cc2)cc1. The summed E-state index contributed by atoms with van der Waals surface area (Å²) in [4.78, 5) is 19.0. The van der Waals surface area contributed by atoms with E-state index in [9.17, 15) is 4.79 Å². The summed E-state index contributed by atoms with van der Waals surface area (Å²) >= 11 is 0. The van der Waals surface area contributed by atoms with Gasteiger partial charge in [-0.1, -0.05) is 50.2 Å². The minimum absolute atomic E-state index is 0.0653. The maximum atomic E-state index is 12.5. The van der Waals surface area contributed by atoms with E-state index in [2.05, 4.69) is 77.5 Å². The fourth-order valence-electron chi connectivity index (χ4n) is 3.76. The summed E-state index contributed by atoms with van der Waals surface area (Å²) in [5.41, 5.74) is 4.75. The second-order valence-electron chi connectivity index (χ2n) is 8.06. The predicted octanol–water partition coefficient (Wildman–Crippen LogP) is 3.71. The van der Waals surface area contributed by atoms with Crippen LogP contribution in [0.25, 0.3) is 0 Å². The number of urea groups is 1. The van der Waals surface area contributed by atoms with Gasteiger partial charge in [-0.2, -0.15) is 0 Å². The number of anilines is 1. The van der Waals surface area contributed by atoms with Crippen LogP contribution >= 0.6 is 0 Å². The monoisotopic (exact) mass is 424 g/mol. The average molecular weight is 425 g/mol. The topological polar surface area (TPSA) is 48.1 Å². The van der Waals surface area contributed by atoms with Crippen LogP contribution in [0.3, 0.4) is 0 Å². The number of carbonyl (C=O) groups excluding carboxylic acids is 1. The van der Waals surface area contributed by atoms with Crippen molar-refractivity contribution in [2.75, 3.05) is 51.3 Å². The summed E-state index contributed by atoms with van der Waals surface area (Å²) in [6.07, 6.45) is 0. The van der Waals surface area contributed by atoms with E-state index in [1.54, 1.807) is 4.90 Å². The van der Waals surface area contributed by atoms with Gasteiger partial charge >= 0.3 is 6.03 Å². The van der Waals surface area contributed by atoms with Gasteiger partial charge in [0.15, 0.2) is 0 Å². The summed E-state index contributed by atoms with van der Waals surface area (Å²) in [6, 6.07) is 16.9. The van der Waals surface area contributed by atoms with Crippen LogP contribution < -0.4 is 10.2 Å². The Hall–Kier alpha value is -2.57. The van der Waals surface area contributed by atoms with Crippen molar-refractivity contribution in [1.29, 1.82) is 0 Å². The molecule has 0 atom stereocenters. The summed E-state index contributed by atoms with van der Waals surface area (Å²) in [6.45, 7) is 12.0. The molecule has 1 aliphatic rings. The van der Waals surface area contributed by atoms with Gasteiger partial charge in [-0.15, -0.1) is 0 Å². The molecule has 3 rings (SSSR count). The molecule has 0 aromatic heterocycles. The normalized spacial score (nSPS) is 14.0. The van der Waals surface area contributed by atoms with E-state index in [1.165, 1.54) is 11.3 Å². The van der Waals surface area contributed by atoms with Gasteiger partial charge in [-0.05, 0) is 41.9 Å². The number of nitrogens with one attached hydrogen (secondary N) is 1. The highest BCUT2D eigenvalue weighted by molar-refractivity contribution is 5.73. The Balaban J connectivity index is 1.45. The third-order valence-electron chi connectivity index (χ3n) is 5.85. The van der Waals surface area contributed by atoms with Crippen molar-refractivity contribution < 1.29 is 9.53 Å². The quantitative estimate of drug-likeness (QED) is 0.667. The first-order chi connectivity index (χ1) is 15.1. The van der Waals surface area contributed by atoms with Crippen molar-refractivity contribution in [3.05, 3.63) is 65.2 Å². The number of hydrogen-bond acceptors (Lipinski definition) is 4. The molecule has 1 N–H and O–H groups in total. The summed E-state index contributed by atoms with van der Waals surface area (Å²) in [5.74, 6) is 0. The maximum absolute atomic E-state index is 12.5. The van der Waals surface area contributed by atoms with E-state index < -0.39 is 0 Å². The molecule has 6 heteroatoms. The molecule has 1 fully saturated rings. The van der Waals surface area contributed by atoms with E-state index >= 15 is 0 Å². The Morgan fingerprint density at radius 1 is 0.903 bits per heavy atom. The van der Waals surface area contributed by atoms with Gasteiger partial charge in [0.25, 0.3) is 0 Å². The summed E-state index contributed by atoms with van der Waals surface area (Å²) < 4.78 is 5.41. The Morgan fingerprint density at radius 2 is 1.45 bits per heavy atom. The zero-order chi connectivity index (χ0) is 22.1. The van der Waals surface area contributed by atoms with E-state index in [4.69, 9.17) is 4.74 Å². The molecule has 168 valence electrons. The zero-order valence-electron chi connectivity index (χ0n) is 19.1.